The van der Waals surface area contributed by atoms with Crippen LogP contribution in [0, 0.1) is 5.92 Å². The van der Waals surface area contributed by atoms with Crippen LogP contribution in [0.3, 0.4) is 0 Å². The molecule has 1 atom stereocenters. The first-order chi connectivity index (χ1) is 15.0. The van der Waals surface area contributed by atoms with Gasteiger partial charge in [0.05, 0.1) is 11.6 Å². The van der Waals surface area contributed by atoms with Gasteiger partial charge in [-0.1, -0.05) is 38.7 Å². The summed E-state index contributed by atoms with van der Waals surface area (Å²) in [6, 6.07) is 6.30. The highest BCUT2D eigenvalue weighted by atomic mass is 16.3. The third kappa shape index (κ3) is 7.34. The van der Waals surface area contributed by atoms with Gasteiger partial charge in [-0.05, 0) is 75.5 Å². The zero-order valence-corrected chi connectivity index (χ0v) is 18.9. The van der Waals surface area contributed by atoms with Crippen molar-refractivity contribution >= 4 is 10.9 Å². The number of hydrogen-bond donors (Lipinski definition) is 4. The summed E-state index contributed by atoms with van der Waals surface area (Å²) in [5, 5.41) is 24.5. The van der Waals surface area contributed by atoms with Crippen LogP contribution in [-0.2, 0) is 0 Å². The van der Waals surface area contributed by atoms with Gasteiger partial charge in [0.25, 0.3) is 0 Å². The summed E-state index contributed by atoms with van der Waals surface area (Å²) in [7, 11) is 0. The van der Waals surface area contributed by atoms with Crippen LogP contribution in [-0.4, -0.2) is 52.8 Å². The number of phenolic OH excluding ortho intramolecular Hbond substituents is 1. The van der Waals surface area contributed by atoms with Crippen molar-refractivity contribution in [2.45, 2.75) is 64.4 Å². The van der Waals surface area contributed by atoms with Crippen LogP contribution in [0.2, 0.25) is 0 Å². The maximum atomic E-state index is 11.5. The number of rotatable bonds is 12. The molecule has 0 radical (unpaired) electrons. The second kappa shape index (κ2) is 12.2. The van der Waals surface area contributed by atoms with E-state index in [-0.39, 0.29) is 11.3 Å². The molecular weight excluding hydrogens is 390 g/mol. The van der Waals surface area contributed by atoms with Crippen LogP contribution in [0.15, 0.2) is 29.1 Å². The van der Waals surface area contributed by atoms with E-state index in [1.54, 1.807) is 12.1 Å². The van der Waals surface area contributed by atoms with Gasteiger partial charge in [-0.15, -0.1) is 0 Å². The number of aliphatic hydroxyl groups is 1. The minimum absolute atomic E-state index is 0.0159. The lowest BCUT2D eigenvalue weighted by atomic mass is 9.99. The van der Waals surface area contributed by atoms with Gasteiger partial charge in [0.1, 0.15) is 5.75 Å². The minimum Gasteiger partial charge on any atom is -0.506 e. The fraction of sp³-hybridized carbons (Fsp3) is 0.640. The van der Waals surface area contributed by atoms with E-state index < -0.39 is 6.10 Å². The number of H-pyrrole nitrogens is 1. The lowest BCUT2D eigenvalue weighted by Gasteiger charge is -2.30. The monoisotopic (exact) mass is 429 g/mol. The van der Waals surface area contributed by atoms with Crippen LogP contribution in [0.25, 0.3) is 10.9 Å². The number of aliphatic hydroxyl groups excluding tert-OH is 1. The Kier molecular flexibility index (Phi) is 9.37. The van der Waals surface area contributed by atoms with Crippen molar-refractivity contribution in [3.63, 3.8) is 0 Å². The molecule has 1 saturated heterocycles. The summed E-state index contributed by atoms with van der Waals surface area (Å²) >= 11 is 0. The standard InChI is InChI=1S/C25H39N3O3/c1-19-12-16-28(17-13-19)15-7-5-3-2-4-6-14-26-18-23(30)20-8-10-22(29)25-21(20)9-11-24(31)27-25/h8-11,19,23,26,29-30H,2-7,12-18H2,1H3,(H,27,31)/t23-/m0/s1. The average Bonchev–Trinajstić information content (AvgIpc) is 2.76. The molecule has 0 aliphatic carbocycles. The number of fused-ring (bicyclic) bond motifs is 1. The molecule has 1 fully saturated rings. The first-order valence-corrected chi connectivity index (χ1v) is 12.0. The van der Waals surface area contributed by atoms with Crippen molar-refractivity contribution < 1.29 is 10.2 Å². The maximum absolute atomic E-state index is 11.5. The first kappa shape index (κ1) is 23.8. The molecule has 6 heteroatoms. The Morgan fingerprint density at radius 3 is 2.55 bits per heavy atom. The summed E-state index contributed by atoms with van der Waals surface area (Å²) in [6.07, 6.45) is 9.61. The fourth-order valence-electron chi connectivity index (χ4n) is 4.48. The Morgan fingerprint density at radius 1 is 1.06 bits per heavy atom. The number of aromatic nitrogens is 1. The molecule has 0 unspecified atom stereocenters. The van der Waals surface area contributed by atoms with Gasteiger partial charge in [0, 0.05) is 18.0 Å². The Bertz CT molecular complexity index is 859. The molecule has 2 heterocycles. The van der Waals surface area contributed by atoms with Crippen LogP contribution in [0.5, 0.6) is 5.75 Å². The zero-order chi connectivity index (χ0) is 22.1. The van der Waals surface area contributed by atoms with Crippen LogP contribution in [0.4, 0.5) is 0 Å². The number of nitrogens with one attached hydrogen (secondary N) is 2. The third-order valence-electron chi connectivity index (χ3n) is 6.56. The third-order valence-corrected chi connectivity index (χ3v) is 6.56. The van der Waals surface area contributed by atoms with Crippen molar-refractivity contribution in [2.24, 2.45) is 5.92 Å². The Balaban J connectivity index is 1.26. The number of piperidine rings is 1. The number of likely N-dealkylation sites (tertiary alicyclic amines) is 1. The molecule has 1 aromatic carbocycles. The Labute approximate surface area is 185 Å². The van der Waals surface area contributed by atoms with E-state index in [1.165, 1.54) is 76.7 Å². The molecule has 0 amide bonds. The summed E-state index contributed by atoms with van der Waals surface area (Å²) in [4.78, 5) is 16.8. The maximum Gasteiger partial charge on any atom is 0.248 e. The topological polar surface area (TPSA) is 88.6 Å². The van der Waals surface area contributed by atoms with E-state index >= 15 is 0 Å². The van der Waals surface area contributed by atoms with E-state index in [9.17, 15) is 15.0 Å². The number of unbranched alkanes of at least 4 members (excludes halogenated alkanes) is 5. The lowest BCUT2D eigenvalue weighted by molar-refractivity contribution is 0.176. The molecule has 3 rings (SSSR count). The highest BCUT2D eigenvalue weighted by Gasteiger charge is 2.15. The molecule has 0 bridgehead atoms. The molecule has 0 saturated carbocycles. The van der Waals surface area contributed by atoms with Gasteiger partial charge in [0.2, 0.25) is 5.56 Å². The highest BCUT2D eigenvalue weighted by molar-refractivity contribution is 5.87. The second-order valence-electron chi connectivity index (χ2n) is 9.15. The molecule has 4 N–H and O–H groups in total. The highest BCUT2D eigenvalue weighted by Crippen LogP contribution is 2.28. The molecule has 2 aromatic rings. The number of phenols is 1. The minimum atomic E-state index is -0.688. The number of pyridine rings is 1. The van der Waals surface area contributed by atoms with Gasteiger partial charge in [-0.2, -0.15) is 0 Å². The van der Waals surface area contributed by atoms with Gasteiger partial charge in [-0.25, -0.2) is 0 Å². The van der Waals surface area contributed by atoms with Crippen molar-refractivity contribution in [1.82, 2.24) is 15.2 Å². The predicted octanol–water partition coefficient (Wildman–Crippen LogP) is 3.93. The van der Waals surface area contributed by atoms with E-state index in [0.29, 0.717) is 23.0 Å². The Hall–Kier alpha value is -1.89. The predicted molar refractivity (Wildman–Crippen MR) is 127 cm³/mol. The van der Waals surface area contributed by atoms with Crippen molar-refractivity contribution in [2.75, 3.05) is 32.7 Å². The second-order valence-corrected chi connectivity index (χ2v) is 9.15. The first-order valence-electron chi connectivity index (χ1n) is 12.0. The average molecular weight is 430 g/mol. The lowest BCUT2D eigenvalue weighted by Crippen LogP contribution is -2.33. The van der Waals surface area contributed by atoms with Gasteiger partial charge < -0.3 is 25.4 Å². The number of benzene rings is 1. The largest absolute Gasteiger partial charge is 0.506 e. The molecule has 1 aliphatic heterocycles. The number of aromatic hydroxyl groups is 1. The van der Waals surface area contributed by atoms with E-state index in [2.05, 4.69) is 22.1 Å². The van der Waals surface area contributed by atoms with E-state index in [4.69, 9.17) is 0 Å². The fourth-order valence-corrected chi connectivity index (χ4v) is 4.48. The quantitative estimate of drug-likeness (QED) is 0.384. The molecular formula is C25H39N3O3. The molecule has 1 aromatic heterocycles. The normalized spacial score (nSPS) is 16.7. The number of aromatic amines is 1. The van der Waals surface area contributed by atoms with Crippen LogP contribution >= 0.6 is 0 Å². The van der Waals surface area contributed by atoms with Crippen LogP contribution in [0.1, 0.15) is 70.0 Å². The molecule has 0 spiro atoms. The molecule has 6 nitrogen and oxygen atoms in total. The van der Waals surface area contributed by atoms with Gasteiger partial charge in [-0.3, -0.25) is 4.79 Å². The summed E-state index contributed by atoms with van der Waals surface area (Å²) in [6.45, 7) is 7.55. The molecule has 1 aliphatic rings. The SMILES string of the molecule is CC1CCN(CCCCCCCCNC[C@H](O)c2ccc(O)c3[nH]c(=O)ccc23)CC1. The van der Waals surface area contributed by atoms with Crippen molar-refractivity contribution in [3.05, 3.63) is 40.2 Å². The van der Waals surface area contributed by atoms with Gasteiger partial charge in [0.15, 0.2) is 0 Å². The molecule has 31 heavy (non-hydrogen) atoms. The van der Waals surface area contributed by atoms with E-state index in [0.717, 1.165) is 18.9 Å². The van der Waals surface area contributed by atoms with Gasteiger partial charge >= 0.3 is 0 Å². The number of hydrogen-bond acceptors (Lipinski definition) is 5. The van der Waals surface area contributed by atoms with Crippen LogP contribution < -0.4 is 10.9 Å². The van der Waals surface area contributed by atoms with Crippen molar-refractivity contribution in [1.29, 1.82) is 0 Å². The summed E-state index contributed by atoms with van der Waals surface area (Å²) < 4.78 is 0. The Morgan fingerprint density at radius 2 is 1.77 bits per heavy atom. The summed E-state index contributed by atoms with van der Waals surface area (Å²) in [5.41, 5.74) is 0.812. The van der Waals surface area contributed by atoms with Crippen molar-refractivity contribution in [3.8, 4) is 5.75 Å². The molecule has 172 valence electrons. The summed E-state index contributed by atoms with van der Waals surface area (Å²) in [5.74, 6) is 0.930. The van der Waals surface area contributed by atoms with E-state index in [1.807, 2.05) is 0 Å². The zero-order valence-electron chi connectivity index (χ0n) is 18.9. The number of nitrogens with zero attached hydrogens (tertiary/aromatic N) is 1. The smallest absolute Gasteiger partial charge is 0.248 e.